The first kappa shape index (κ1) is 20.8. The van der Waals surface area contributed by atoms with Crippen LogP contribution in [-0.2, 0) is 4.79 Å². The van der Waals surface area contributed by atoms with Crippen molar-refractivity contribution in [3.63, 3.8) is 0 Å². The van der Waals surface area contributed by atoms with Crippen molar-refractivity contribution < 1.29 is 4.79 Å². The number of thiazole rings is 1. The number of nitrogens with zero attached hydrogens (tertiary/aromatic N) is 2. The zero-order valence-electron chi connectivity index (χ0n) is 17.2. The fourth-order valence-corrected chi connectivity index (χ4v) is 3.90. The van der Waals surface area contributed by atoms with Gasteiger partial charge in [0.2, 0.25) is 0 Å². The zero-order valence-corrected chi connectivity index (χ0v) is 18.0. The van der Waals surface area contributed by atoms with Gasteiger partial charge in [-0.1, -0.05) is 69.4 Å². The first-order valence-electron chi connectivity index (χ1n) is 9.84. The van der Waals surface area contributed by atoms with E-state index in [4.69, 9.17) is 0 Å². The summed E-state index contributed by atoms with van der Waals surface area (Å²) in [5, 5.41) is 12.7. The highest BCUT2D eigenvalue weighted by molar-refractivity contribution is 7.22. The van der Waals surface area contributed by atoms with Gasteiger partial charge >= 0.3 is 0 Å². The second kappa shape index (κ2) is 9.02. The average Bonchev–Trinajstić information content (AvgIpc) is 3.12. The van der Waals surface area contributed by atoms with E-state index in [1.807, 2.05) is 36.4 Å². The molecule has 4 nitrogen and oxygen atoms in total. The highest BCUT2D eigenvalue weighted by Gasteiger charge is 2.14. The van der Waals surface area contributed by atoms with E-state index >= 15 is 0 Å². The van der Waals surface area contributed by atoms with Crippen LogP contribution in [0, 0.1) is 11.3 Å². The monoisotopic (exact) mass is 403 g/mol. The van der Waals surface area contributed by atoms with Gasteiger partial charge in [-0.3, -0.25) is 10.1 Å². The lowest BCUT2D eigenvalue weighted by atomic mass is 9.99. The lowest BCUT2D eigenvalue weighted by molar-refractivity contribution is -0.112. The Morgan fingerprint density at radius 3 is 2.48 bits per heavy atom. The molecule has 0 aliphatic carbocycles. The van der Waals surface area contributed by atoms with Crippen LogP contribution < -0.4 is 5.32 Å². The first-order valence-corrected chi connectivity index (χ1v) is 10.7. The molecule has 3 rings (SSSR count). The van der Waals surface area contributed by atoms with Crippen LogP contribution in [0.3, 0.4) is 0 Å². The molecular weight excluding hydrogens is 378 g/mol. The van der Waals surface area contributed by atoms with Gasteiger partial charge in [0.25, 0.3) is 5.91 Å². The Labute approximate surface area is 175 Å². The minimum absolute atomic E-state index is 0.0573. The number of benzene rings is 2. The van der Waals surface area contributed by atoms with Gasteiger partial charge in [-0.05, 0) is 53.2 Å². The molecule has 1 aromatic heterocycles. The maximum absolute atomic E-state index is 12.6. The van der Waals surface area contributed by atoms with Crippen molar-refractivity contribution in [1.29, 1.82) is 5.26 Å². The van der Waals surface area contributed by atoms with Crippen LogP contribution in [0.15, 0.2) is 48.0 Å². The SMILES string of the molecule is CCC(C)c1ccc2nc(NC(=O)/C(C#N)=C/c3ccc(C(C)C)cc3)sc2c1. The maximum Gasteiger partial charge on any atom is 0.268 e. The summed E-state index contributed by atoms with van der Waals surface area (Å²) < 4.78 is 1.03. The van der Waals surface area contributed by atoms with Crippen molar-refractivity contribution in [2.45, 2.75) is 46.0 Å². The lowest BCUT2D eigenvalue weighted by Gasteiger charge is -2.07. The number of carbonyl (C=O) groups is 1. The van der Waals surface area contributed by atoms with Crippen LogP contribution in [-0.4, -0.2) is 10.9 Å². The van der Waals surface area contributed by atoms with Gasteiger partial charge in [0, 0.05) is 0 Å². The summed E-state index contributed by atoms with van der Waals surface area (Å²) in [6, 6.07) is 16.1. The molecule has 0 spiro atoms. The molecule has 0 bridgehead atoms. The number of anilines is 1. The van der Waals surface area contributed by atoms with Crippen LogP contribution in [0.4, 0.5) is 5.13 Å². The van der Waals surface area contributed by atoms with E-state index in [1.165, 1.54) is 22.5 Å². The molecule has 0 saturated heterocycles. The van der Waals surface area contributed by atoms with Crippen LogP contribution in [0.2, 0.25) is 0 Å². The van der Waals surface area contributed by atoms with Crippen molar-refractivity contribution in [2.24, 2.45) is 0 Å². The van der Waals surface area contributed by atoms with Crippen LogP contribution in [0.5, 0.6) is 0 Å². The molecule has 1 unspecified atom stereocenters. The Morgan fingerprint density at radius 1 is 1.17 bits per heavy atom. The number of hydrogen-bond donors (Lipinski definition) is 1. The van der Waals surface area contributed by atoms with Crippen molar-refractivity contribution in [3.8, 4) is 6.07 Å². The first-order chi connectivity index (χ1) is 13.9. The summed E-state index contributed by atoms with van der Waals surface area (Å²) in [5.41, 5.74) is 4.22. The number of amides is 1. The fraction of sp³-hybridized carbons (Fsp3) is 0.292. The van der Waals surface area contributed by atoms with Crippen molar-refractivity contribution >= 4 is 38.7 Å². The summed E-state index contributed by atoms with van der Waals surface area (Å²) >= 11 is 1.43. The van der Waals surface area contributed by atoms with Crippen LogP contribution in [0.25, 0.3) is 16.3 Å². The van der Waals surface area contributed by atoms with Crippen LogP contribution >= 0.6 is 11.3 Å². The maximum atomic E-state index is 12.6. The topological polar surface area (TPSA) is 65.8 Å². The Morgan fingerprint density at radius 2 is 1.86 bits per heavy atom. The van der Waals surface area contributed by atoms with Crippen molar-refractivity contribution in [2.75, 3.05) is 5.32 Å². The van der Waals surface area contributed by atoms with E-state index in [1.54, 1.807) is 6.08 Å². The molecule has 1 atom stereocenters. The molecule has 2 aromatic carbocycles. The molecule has 3 aromatic rings. The van der Waals surface area contributed by atoms with E-state index in [-0.39, 0.29) is 5.57 Å². The molecule has 0 fully saturated rings. The molecule has 29 heavy (non-hydrogen) atoms. The second-order valence-corrected chi connectivity index (χ2v) is 8.53. The molecule has 0 aliphatic heterocycles. The largest absolute Gasteiger partial charge is 0.297 e. The normalized spacial score (nSPS) is 12.8. The molecule has 148 valence electrons. The average molecular weight is 404 g/mol. The van der Waals surface area contributed by atoms with E-state index in [2.05, 4.69) is 50.1 Å². The standard InChI is InChI=1S/C24H25N3OS/c1-5-16(4)19-10-11-21-22(13-19)29-24(26-21)27-23(28)20(14-25)12-17-6-8-18(9-7-17)15(2)3/h6-13,15-16H,5H2,1-4H3,(H,26,27,28)/b20-12+. The third-order valence-electron chi connectivity index (χ3n) is 5.09. The van der Waals surface area contributed by atoms with Gasteiger partial charge in [-0.15, -0.1) is 0 Å². The minimum Gasteiger partial charge on any atom is -0.297 e. The Bertz CT molecular complexity index is 1090. The Kier molecular flexibility index (Phi) is 6.46. The Hall–Kier alpha value is -2.97. The van der Waals surface area contributed by atoms with E-state index in [0.717, 1.165) is 22.2 Å². The van der Waals surface area contributed by atoms with Gasteiger partial charge in [-0.2, -0.15) is 5.26 Å². The molecule has 0 aliphatic rings. The number of aromatic nitrogens is 1. The summed E-state index contributed by atoms with van der Waals surface area (Å²) in [7, 11) is 0. The molecule has 1 N–H and O–H groups in total. The van der Waals surface area contributed by atoms with Crippen molar-refractivity contribution in [1.82, 2.24) is 4.98 Å². The predicted octanol–water partition coefficient (Wildman–Crippen LogP) is 6.48. The van der Waals surface area contributed by atoms with Gasteiger partial charge in [0.1, 0.15) is 11.6 Å². The smallest absolute Gasteiger partial charge is 0.268 e. The van der Waals surface area contributed by atoms with Crippen LogP contribution in [0.1, 0.15) is 62.6 Å². The summed E-state index contributed by atoms with van der Waals surface area (Å²) in [4.78, 5) is 17.1. The third kappa shape index (κ3) is 4.90. The number of nitriles is 1. The minimum atomic E-state index is -0.443. The molecule has 1 heterocycles. The summed E-state index contributed by atoms with van der Waals surface area (Å²) in [6.07, 6.45) is 2.68. The molecule has 0 radical (unpaired) electrons. The number of fused-ring (bicyclic) bond motifs is 1. The van der Waals surface area contributed by atoms with Crippen molar-refractivity contribution in [3.05, 3.63) is 64.7 Å². The van der Waals surface area contributed by atoms with Gasteiger partial charge in [0.15, 0.2) is 5.13 Å². The quantitative estimate of drug-likeness (QED) is 0.378. The number of rotatable bonds is 6. The molecule has 1 amide bonds. The molecule has 5 heteroatoms. The third-order valence-corrected chi connectivity index (χ3v) is 6.03. The second-order valence-electron chi connectivity index (χ2n) is 7.50. The highest BCUT2D eigenvalue weighted by atomic mass is 32.1. The highest BCUT2D eigenvalue weighted by Crippen LogP contribution is 2.30. The zero-order chi connectivity index (χ0) is 21.0. The molecular formula is C24H25N3OS. The molecule has 0 saturated carbocycles. The van der Waals surface area contributed by atoms with Gasteiger partial charge < -0.3 is 0 Å². The van der Waals surface area contributed by atoms with E-state index in [0.29, 0.717) is 17.0 Å². The number of carbonyl (C=O) groups excluding carboxylic acids is 1. The number of hydrogen-bond acceptors (Lipinski definition) is 4. The van der Waals surface area contributed by atoms with E-state index < -0.39 is 5.91 Å². The summed E-state index contributed by atoms with van der Waals surface area (Å²) in [6.45, 7) is 8.62. The number of nitrogens with one attached hydrogen (secondary N) is 1. The predicted molar refractivity (Wildman–Crippen MR) is 121 cm³/mol. The van der Waals surface area contributed by atoms with Gasteiger partial charge in [-0.25, -0.2) is 4.98 Å². The van der Waals surface area contributed by atoms with E-state index in [9.17, 15) is 10.1 Å². The van der Waals surface area contributed by atoms with Gasteiger partial charge in [0.05, 0.1) is 10.2 Å². The lowest BCUT2D eigenvalue weighted by Crippen LogP contribution is -2.13. The Balaban J connectivity index is 1.79. The summed E-state index contributed by atoms with van der Waals surface area (Å²) in [5.74, 6) is 0.475. The fourth-order valence-electron chi connectivity index (χ4n) is 2.99.